The number of halogens is 2. The average Bonchev–Trinajstić information content (AvgIpc) is 2.61. The van der Waals surface area contributed by atoms with E-state index in [2.05, 4.69) is 0 Å². The minimum absolute atomic E-state index is 0.373. The molecule has 1 aromatic carbocycles. The third kappa shape index (κ3) is 2.70. The first kappa shape index (κ1) is 13.4. The highest BCUT2D eigenvalue weighted by Crippen LogP contribution is 2.23. The van der Waals surface area contributed by atoms with Gasteiger partial charge < -0.3 is 0 Å². The first-order chi connectivity index (χ1) is 8.51. The van der Waals surface area contributed by atoms with E-state index in [1.165, 1.54) is 4.31 Å². The molecule has 100 valence electrons. The Labute approximate surface area is 105 Å². The Morgan fingerprint density at radius 3 is 2.22 bits per heavy atom. The van der Waals surface area contributed by atoms with Crippen molar-refractivity contribution in [3.8, 4) is 0 Å². The third-order valence-corrected chi connectivity index (χ3v) is 4.99. The van der Waals surface area contributed by atoms with Gasteiger partial charge in [-0.15, -0.1) is 0 Å². The van der Waals surface area contributed by atoms with Gasteiger partial charge in [0.15, 0.2) is 0 Å². The van der Waals surface area contributed by atoms with Crippen molar-refractivity contribution in [3.05, 3.63) is 29.8 Å². The predicted molar refractivity (Wildman–Crippen MR) is 63.6 cm³/mol. The van der Waals surface area contributed by atoms with E-state index in [0.29, 0.717) is 13.1 Å². The first-order valence-corrected chi connectivity index (χ1v) is 7.41. The number of benzene rings is 1. The van der Waals surface area contributed by atoms with Crippen LogP contribution in [0.1, 0.15) is 25.7 Å². The molecule has 0 saturated carbocycles. The Morgan fingerprint density at radius 2 is 1.61 bits per heavy atom. The fraction of sp³-hybridized carbons (Fsp3) is 0.500. The van der Waals surface area contributed by atoms with Gasteiger partial charge in [0.05, 0.1) is 0 Å². The Bertz CT molecular complexity index is 523. The molecule has 18 heavy (non-hydrogen) atoms. The van der Waals surface area contributed by atoms with Crippen molar-refractivity contribution < 1.29 is 17.2 Å². The average molecular weight is 275 g/mol. The lowest BCUT2D eigenvalue weighted by atomic mass is 10.2. The minimum atomic E-state index is -3.92. The summed E-state index contributed by atoms with van der Waals surface area (Å²) in [5, 5.41) is 0. The summed E-state index contributed by atoms with van der Waals surface area (Å²) in [5.74, 6) is -1.65. The van der Waals surface area contributed by atoms with Crippen LogP contribution in [0.15, 0.2) is 23.1 Å². The molecular weight excluding hydrogens is 260 g/mol. The molecule has 0 amide bonds. The zero-order chi connectivity index (χ0) is 13.2. The van der Waals surface area contributed by atoms with Crippen molar-refractivity contribution in [2.24, 2.45) is 0 Å². The Hall–Kier alpha value is -1.01. The second kappa shape index (κ2) is 5.32. The number of hydrogen-bond donors (Lipinski definition) is 0. The van der Waals surface area contributed by atoms with Crippen LogP contribution in [-0.2, 0) is 10.0 Å². The molecule has 1 aliphatic heterocycles. The van der Waals surface area contributed by atoms with Crippen LogP contribution in [0.3, 0.4) is 0 Å². The highest BCUT2D eigenvalue weighted by molar-refractivity contribution is 7.89. The van der Waals surface area contributed by atoms with Gasteiger partial charge >= 0.3 is 0 Å². The van der Waals surface area contributed by atoms with Crippen LogP contribution < -0.4 is 0 Å². The lowest BCUT2D eigenvalue weighted by molar-refractivity contribution is 0.419. The standard InChI is InChI=1S/C12H15F2NO2S/c13-10-5-6-11(14)12(9-10)18(16,17)15-7-3-1-2-4-8-15/h5-6,9H,1-4,7-8H2. The molecule has 0 aliphatic carbocycles. The Morgan fingerprint density at radius 1 is 1.00 bits per heavy atom. The molecule has 0 aromatic heterocycles. The van der Waals surface area contributed by atoms with E-state index in [4.69, 9.17) is 0 Å². The molecular formula is C12H15F2NO2S. The van der Waals surface area contributed by atoms with Crippen LogP contribution in [-0.4, -0.2) is 25.8 Å². The van der Waals surface area contributed by atoms with Gasteiger partial charge in [0.25, 0.3) is 0 Å². The zero-order valence-electron chi connectivity index (χ0n) is 9.90. The number of hydrogen-bond acceptors (Lipinski definition) is 2. The highest BCUT2D eigenvalue weighted by atomic mass is 32.2. The molecule has 0 N–H and O–H groups in total. The maximum atomic E-state index is 13.5. The highest BCUT2D eigenvalue weighted by Gasteiger charge is 2.28. The molecule has 1 heterocycles. The third-order valence-electron chi connectivity index (χ3n) is 3.08. The summed E-state index contributed by atoms with van der Waals surface area (Å²) in [4.78, 5) is -0.565. The maximum absolute atomic E-state index is 13.5. The number of nitrogens with zero attached hydrogens (tertiary/aromatic N) is 1. The normalized spacial score (nSPS) is 18.6. The van der Waals surface area contributed by atoms with Crippen molar-refractivity contribution in [1.82, 2.24) is 4.31 Å². The molecule has 0 unspecified atom stereocenters. The van der Waals surface area contributed by atoms with E-state index in [1.807, 2.05) is 0 Å². The van der Waals surface area contributed by atoms with Gasteiger partial charge in [-0.3, -0.25) is 0 Å². The fourth-order valence-electron chi connectivity index (χ4n) is 2.10. The lowest BCUT2D eigenvalue weighted by Gasteiger charge is -2.20. The van der Waals surface area contributed by atoms with E-state index < -0.39 is 26.6 Å². The van der Waals surface area contributed by atoms with Gasteiger partial charge in [0, 0.05) is 13.1 Å². The number of rotatable bonds is 2. The monoisotopic (exact) mass is 275 g/mol. The Kier molecular flexibility index (Phi) is 3.97. The lowest BCUT2D eigenvalue weighted by Crippen LogP contribution is -2.32. The van der Waals surface area contributed by atoms with E-state index >= 15 is 0 Å². The summed E-state index contributed by atoms with van der Waals surface area (Å²) in [6.45, 7) is 0.747. The quantitative estimate of drug-likeness (QED) is 0.831. The van der Waals surface area contributed by atoms with E-state index in [1.54, 1.807) is 0 Å². The molecule has 0 bridgehead atoms. The van der Waals surface area contributed by atoms with Gasteiger partial charge in [-0.25, -0.2) is 17.2 Å². The second-order valence-corrected chi connectivity index (χ2v) is 6.30. The summed E-state index contributed by atoms with van der Waals surface area (Å²) in [7, 11) is -3.92. The van der Waals surface area contributed by atoms with Crippen LogP contribution in [0.4, 0.5) is 8.78 Å². The van der Waals surface area contributed by atoms with Crippen molar-refractivity contribution in [2.75, 3.05) is 13.1 Å². The fourth-order valence-corrected chi connectivity index (χ4v) is 3.69. The molecule has 0 radical (unpaired) electrons. The first-order valence-electron chi connectivity index (χ1n) is 5.97. The van der Waals surface area contributed by atoms with Crippen molar-refractivity contribution >= 4 is 10.0 Å². The van der Waals surface area contributed by atoms with E-state index in [9.17, 15) is 17.2 Å². The van der Waals surface area contributed by atoms with Crippen molar-refractivity contribution in [1.29, 1.82) is 0 Å². The zero-order valence-corrected chi connectivity index (χ0v) is 10.7. The molecule has 1 fully saturated rings. The van der Waals surface area contributed by atoms with Crippen molar-refractivity contribution in [2.45, 2.75) is 30.6 Å². The van der Waals surface area contributed by atoms with Gasteiger partial charge in [-0.1, -0.05) is 12.8 Å². The minimum Gasteiger partial charge on any atom is -0.207 e. The molecule has 3 nitrogen and oxygen atoms in total. The predicted octanol–water partition coefficient (Wildman–Crippen LogP) is 2.53. The maximum Gasteiger partial charge on any atom is 0.246 e. The second-order valence-electron chi connectivity index (χ2n) is 4.39. The van der Waals surface area contributed by atoms with E-state index in [-0.39, 0.29) is 0 Å². The van der Waals surface area contributed by atoms with Crippen LogP contribution in [0.2, 0.25) is 0 Å². The van der Waals surface area contributed by atoms with Crippen LogP contribution in [0, 0.1) is 11.6 Å². The summed E-state index contributed by atoms with van der Waals surface area (Å²) >= 11 is 0. The van der Waals surface area contributed by atoms with Gasteiger partial charge in [0.2, 0.25) is 10.0 Å². The molecule has 2 rings (SSSR count). The topological polar surface area (TPSA) is 37.4 Å². The molecule has 0 atom stereocenters. The Balaban J connectivity index is 2.37. The van der Waals surface area contributed by atoms with Gasteiger partial charge in [0.1, 0.15) is 16.5 Å². The van der Waals surface area contributed by atoms with Crippen LogP contribution in [0.5, 0.6) is 0 Å². The summed E-state index contributed by atoms with van der Waals surface area (Å²) in [5.41, 5.74) is 0. The van der Waals surface area contributed by atoms with Gasteiger partial charge in [-0.05, 0) is 31.0 Å². The SMILES string of the molecule is O=S(=O)(c1cc(F)ccc1F)N1CCCCCC1. The largest absolute Gasteiger partial charge is 0.246 e. The summed E-state index contributed by atoms with van der Waals surface area (Å²) < 4.78 is 52.3. The smallest absolute Gasteiger partial charge is 0.207 e. The molecule has 1 saturated heterocycles. The van der Waals surface area contributed by atoms with Crippen LogP contribution in [0.25, 0.3) is 0 Å². The molecule has 1 aromatic rings. The van der Waals surface area contributed by atoms with Gasteiger partial charge in [-0.2, -0.15) is 4.31 Å². The summed E-state index contributed by atoms with van der Waals surface area (Å²) in [6.07, 6.45) is 3.46. The molecule has 6 heteroatoms. The van der Waals surface area contributed by atoms with Crippen molar-refractivity contribution in [3.63, 3.8) is 0 Å². The van der Waals surface area contributed by atoms with Crippen LogP contribution >= 0.6 is 0 Å². The molecule has 1 aliphatic rings. The molecule has 0 spiro atoms. The summed E-state index contributed by atoms with van der Waals surface area (Å²) in [6, 6.07) is 2.51. The number of sulfonamides is 1. The van der Waals surface area contributed by atoms with E-state index in [0.717, 1.165) is 43.9 Å².